The molecule has 1 aliphatic heterocycles. The Labute approximate surface area is 163 Å². The number of guanidine groups is 1. The molecule has 0 radical (unpaired) electrons. The first-order chi connectivity index (χ1) is 11.3. The van der Waals surface area contributed by atoms with Gasteiger partial charge in [0.15, 0.2) is 5.96 Å². The van der Waals surface area contributed by atoms with Crippen molar-refractivity contribution < 1.29 is 4.74 Å². The fraction of sp³-hybridized carbons (Fsp3) is 0.611. The average Bonchev–Trinajstić information content (AvgIpc) is 3.06. The van der Waals surface area contributed by atoms with Gasteiger partial charge in [-0.05, 0) is 37.8 Å². The molecule has 1 aromatic rings. The molecule has 24 heavy (non-hydrogen) atoms. The summed E-state index contributed by atoms with van der Waals surface area (Å²) in [6.45, 7) is 9.10. The highest BCUT2D eigenvalue weighted by Gasteiger charge is 2.24. The number of hydrogen-bond donors (Lipinski definition) is 2. The van der Waals surface area contributed by atoms with Gasteiger partial charge in [-0.25, -0.2) is 0 Å². The summed E-state index contributed by atoms with van der Waals surface area (Å²) in [5, 5.41) is 6.67. The third-order valence-corrected chi connectivity index (χ3v) is 4.11. The quantitative estimate of drug-likeness (QED) is 0.384. The lowest BCUT2D eigenvalue weighted by Crippen LogP contribution is -2.38. The molecular weight excluding hydrogens is 415 g/mol. The van der Waals surface area contributed by atoms with Crippen LogP contribution in [0.15, 0.2) is 29.3 Å². The Morgan fingerprint density at radius 1 is 1.29 bits per heavy atom. The maximum Gasteiger partial charge on any atom is 0.191 e. The fourth-order valence-corrected chi connectivity index (χ4v) is 2.90. The highest BCUT2D eigenvalue weighted by molar-refractivity contribution is 14.0. The molecule has 6 heteroatoms. The topological polar surface area (TPSA) is 48.9 Å². The third-order valence-electron chi connectivity index (χ3n) is 4.11. The van der Waals surface area contributed by atoms with Crippen molar-refractivity contribution in [2.45, 2.75) is 26.7 Å². The first kappa shape index (κ1) is 20.9. The minimum atomic E-state index is 0. The number of ether oxygens (including phenoxy) is 1. The van der Waals surface area contributed by atoms with Crippen molar-refractivity contribution in [1.82, 2.24) is 10.6 Å². The van der Waals surface area contributed by atoms with Crippen molar-refractivity contribution in [3.63, 3.8) is 0 Å². The molecular formula is C18H31IN4O. The lowest BCUT2D eigenvalue weighted by atomic mass is 10.1. The van der Waals surface area contributed by atoms with Crippen molar-refractivity contribution in [2.75, 3.05) is 44.7 Å². The molecule has 136 valence electrons. The van der Waals surface area contributed by atoms with E-state index in [4.69, 9.17) is 9.73 Å². The van der Waals surface area contributed by atoms with Crippen LogP contribution in [0.4, 0.5) is 5.69 Å². The van der Waals surface area contributed by atoms with Crippen molar-refractivity contribution >= 4 is 35.6 Å². The Hall–Kier alpha value is -1.18. The van der Waals surface area contributed by atoms with Gasteiger partial charge < -0.3 is 20.3 Å². The number of aliphatic imine (C=N–C) groups is 1. The molecule has 1 atom stereocenters. The lowest BCUT2D eigenvalue weighted by Gasteiger charge is -2.21. The molecule has 0 amide bonds. The number of nitrogens with zero attached hydrogens (tertiary/aromatic N) is 2. The van der Waals surface area contributed by atoms with Gasteiger partial charge in [0.1, 0.15) is 5.75 Å². The Balaban J connectivity index is 0.00000288. The summed E-state index contributed by atoms with van der Waals surface area (Å²) >= 11 is 0. The van der Waals surface area contributed by atoms with E-state index in [1.807, 2.05) is 12.1 Å². The lowest BCUT2D eigenvalue weighted by molar-refractivity contribution is 0.414. The number of anilines is 1. The minimum absolute atomic E-state index is 0. The number of methoxy groups -OCH3 is 1. The molecule has 0 saturated carbocycles. The molecule has 0 aliphatic carbocycles. The normalized spacial score (nSPS) is 17.4. The maximum atomic E-state index is 5.48. The van der Waals surface area contributed by atoms with E-state index in [-0.39, 0.29) is 24.0 Å². The number of nitrogens with one attached hydrogen (secondary N) is 2. The predicted molar refractivity (Wildman–Crippen MR) is 113 cm³/mol. The summed E-state index contributed by atoms with van der Waals surface area (Å²) in [4.78, 5) is 7.15. The van der Waals surface area contributed by atoms with Gasteiger partial charge in [0.2, 0.25) is 0 Å². The van der Waals surface area contributed by atoms with Crippen LogP contribution in [0.2, 0.25) is 0 Å². The second kappa shape index (κ2) is 11.4. The van der Waals surface area contributed by atoms with Crippen LogP contribution in [0, 0.1) is 5.92 Å². The number of halogens is 1. The van der Waals surface area contributed by atoms with E-state index >= 15 is 0 Å². The van der Waals surface area contributed by atoms with E-state index in [0.29, 0.717) is 5.92 Å². The van der Waals surface area contributed by atoms with Crippen LogP contribution in [0.1, 0.15) is 26.7 Å². The van der Waals surface area contributed by atoms with Crippen LogP contribution in [0.25, 0.3) is 0 Å². The van der Waals surface area contributed by atoms with E-state index in [0.717, 1.165) is 50.9 Å². The van der Waals surface area contributed by atoms with Gasteiger partial charge in [-0.1, -0.05) is 19.1 Å². The van der Waals surface area contributed by atoms with Gasteiger partial charge in [-0.3, -0.25) is 4.99 Å². The maximum absolute atomic E-state index is 5.48. The van der Waals surface area contributed by atoms with Gasteiger partial charge in [-0.15, -0.1) is 24.0 Å². The first-order valence-electron chi connectivity index (χ1n) is 8.68. The SMILES string of the molecule is CCCNC(=NCC1CCN(c2ccccc2OC)C1)NCC.I. The second-order valence-electron chi connectivity index (χ2n) is 5.92. The molecule has 1 fully saturated rings. The highest BCUT2D eigenvalue weighted by Crippen LogP contribution is 2.31. The Bertz CT molecular complexity index is 510. The highest BCUT2D eigenvalue weighted by atomic mass is 127. The number of hydrogen-bond acceptors (Lipinski definition) is 3. The number of para-hydroxylation sites is 2. The summed E-state index contributed by atoms with van der Waals surface area (Å²) in [5.74, 6) is 2.48. The van der Waals surface area contributed by atoms with E-state index in [1.54, 1.807) is 7.11 Å². The van der Waals surface area contributed by atoms with Gasteiger partial charge >= 0.3 is 0 Å². The molecule has 1 saturated heterocycles. The summed E-state index contributed by atoms with van der Waals surface area (Å²) in [6.07, 6.45) is 2.28. The van der Waals surface area contributed by atoms with Crippen LogP contribution < -0.4 is 20.3 Å². The van der Waals surface area contributed by atoms with E-state index in [2.05, 4.69) is 41.5 Å². The summed E-state index contributed by atoms with van der Waals surface area (Å²) in [7, 11) is 1.73. The first-order valence-corrected chi connectivity index (χ1v) is 8.68. The van der Waals surface area contributed by atoms with E-state index in [1.165, 1.54) is 12.1 Å². The molecule has 0 bridgehead atoms. The summed E-state index contributed by atoms with van der Waals surface area (Å²) in [6, 6.07) is 8.25. The monoisotopic (exact) mass is 446 g/mol. The standard InChI is InChI=1S/C18H30N4O.HI/c1-4-11-20-18(19-5-2)21-13-15-10-12-22(14-15)16-8-6-7-9-17(16)23-3;/h6-9,15H,4-5,10-14H2,1-3H3,(H2,19,20,21);1H. The molecule has 0 aromatic heterocycles. The molecule has 5 nitrogen and oxygen atoms in total. The van der Waals surface area contributed by atoms with Gasteiger partial charge in [0.25, 0.3) is 0 Å². The third kappa shape index (κ3) is 6.03. The summed E-state index contributed by atoms with van der Waals surface area (Å²) < 4.78 is 5.48. The van der Waals surface area contributed by atoms with Gasteiger partial charge in [0, 0.05) is 32.7 Å². The van der Waals surface area contributed by atoms with Crippen molar-refractivity contribution in [2.24, 2.45) is 10.9 Å². The molecule has 0 spiro atoms. The average molecular weight is 446 g/mol. The second-order valence-corrected chi connectivity index (χ2v) is 5.92. The molecule has 1 aromatic carbocycles. The van der Waals surface area contributed by atoms with Crippen LogP contribution in [0.5, 0.6) is 5.75 Å². The minimum Gasteiger partial charge on any atom is -0.495 e. The molecule has 1 aliphatic rings. The predicted octanol–water partition coefficient (Wildman–Crippen LogP) is 3.10. The Kier molecular flexibility index (Phi) is 9.90. The Morgan fingerprint density at radius 3 is 2.79 bits per heavy atom. The zero-order chi connectivity index (χ0) is 16.5. The molecule has 2 N–H and O–H groups in total. The van der Waals surface area contributed by atoms with Crippen LogP contribution in [0.3, 0.4) is 0 Å². The smallest absolute Gasteiger partial charge is 0.191 e. The fourth-order valence-electron chi connectivity index (χ4n) is 2.90. The zero-order valence-corrected chi connectivity index (χ0v) is 17.4. The molecule has 2 rings (SSSR count). The Morgan fingerprint density at radius 2 is 2.08 bits per heavy atom. The molecule has 1 heterocycles. The van der Waals surface area contributed by atoms with Crippen molar-refractivity contribution in [3.8, 4) is 5.75 Å². The zero-order valence-electron chi connectivity index (χ0n) is 15.0. The van der Waals surface area contributed by atoms with Crippen LogP contribution in [-0.2, 0) is 0 Å². The van der Waals surface area contributed by atoms with Crippen LogP contribution >= 0.6 is 24.0 Å². The number of benzene rings is 1. The van der Waals surface area contributed by atoms with Crippen molar-refractivity contribution in [3.05, 3.63) is 24.3 Å². The van der Waals surface area contributed by atoms with Crippen LogP contribution in [-0.4, -0.2) is 45.8 Å². The van der Waals surface area contributed by atoms with Crippen molar-refractivity contribution in [1.29, 1.82) is 0 Å². The van der Waals surface area contributed by atoms with E-state index in [9.17, 15) is 0 Å². The largest absolute Gasteiger partial charge is 0.495 e. The van der Waals surface area contributed by atoms with Gasteiger partial charge in [-0.2, -0.15) is 0 Å². The van der Waals surface area contributed by atoms with E-state index < -0.39 is 0 Å². The molecule has 1 unspecified atom stereocenters. The summed E-state index contributed by atoms with van der Waals surface area (Å²) in [5.41, 5.74) is 1.19. The number of rotatable bonds is 7. The van der Waals surface area contributed by atoms with Gasteiger partial charge in [0.05, 0.1) is 12.8 Å².